The number of likely N-dealkylation sites (tertiary alicyclic amines) is 1. The molecule has 20 heavy (non-hydrogen) atoms. The van der Waals surface area contributed by atoms with Crippen molar-refractivity contribution in [3.63, 3.8) is 0 Å². The SMILES string of the molecule is C=CCC1[C@@H](C)C[C@@](C)(C(=O)O)N1C(=O)OC(C)(C)C. The molecule has 0 bridgehead atoms. The molecule has 3 atom stereocenters. The maximum absolute atomic E-state index is 12.4. The molecule has 0 spiro atoms. The average Bonchev–Trinajstić information content (AvgIpc) is 2.50. The van der Waals surface area contributed by atoms with Crippen molar-refractivity contribution in [1.82, 2.24) is 4.90 Å². The molecule has 5 heteroatoms. The molecule has 0 radical (unpaired) electrons. The van der Waals surface area contributed by atoms with Gasteiger partial charge in [-0.3, -0.25) is 4.90 Å². The number of amides is 1. The van der Waals surface area contributed by atoms with Crippen LogP contribution in [0, 0.1) is 5.92 Å². The Bertz CT molecular complexity index is 413. The van der Waals surface area contributed by atoms with Crippen LogP contribution >= 0.6 is 0 Å². The predicted octanol–water partition coefficient (Wildman–Crippen LogP) is 3.05. The number of hydrogen-bond donors (Lipinski definition) is 1. The molecule has 1 aliphatic heterocycles. The van der Waals surface area contributed by atoms with Crippen molar-refractivity contribution in [3.05, 3.63) is 12.7 Å². The van der Waals surface area contributed by atoms with Crippen LogP contribution in [0.15, 0.2) is 12.7 Å². The van der Waals surface area contributed by atoms with Gasteiger partial charge in [0.05, 0.1) is 0 Å². The number of carbonyl (C=O) groups is 2. The molecule has 1 saturated heterocycles. The van der Waals surface area contributed by atoms with E-state index >= 15 is 0 Å². The highest BCUT2D eigenvalue weighted by Gasteiger charge is 2.54. The number of carboxylic acids is 1. The molecule has 1 amide bonds. The molecule has 0 aromatic heterocycles. The van der Waals surface area contributed by atoms with Crippen LogP contribution in [0.3, 0.4) is 0 Å². The zero-order chi connectivity index (χ0) is 15.7. The highest BCUT2D eigenvalue weighted by Crippen LogP contribution is 2.40. The van der Waals surface area contributed by atoms with Crippen molar-refractivity contribution in [2.45, 2.75) is 64.6 Å². The van der Waals surface area contributed by atoms with E-state index in [4.69, 9.17) is 4.74 Å². The van der Waals surface area contributed by atoms with Gasteiger partial charge >= 0.3 is 12.1 Å². The van der Waals surface area contributed by atoms with Crippen LogP contribution in [0.25, 0.3) is 0 Å². The quantitative estimate of drug-likeness (QED) is 0.808. The van der Waals surface area contributed by atoms with Crippen LogP contribution in [0.2, 0.25) is 0 Å². The molecule has 114 valence electrons. The molecule has 0 aromatic rings. The first-order chi connectivity index (χ1) is 9.03. The Balaban J connectivity index is 3.13. The number of aliphatic carboxylic acids is 1. The van der Waals surface area contributed by atoms with Crippen LogP contribution in [-0.2, 0) is 9.53 Å². The summed E-state index contributed by atoms with van der Waals surface area (Å²) in [5.41, 5.74) is -1.88. The van der Waals surface area contributed by atoms with Crippen LogP contribution in [-0.4, -0.2) is 39.3 Å². The van der Waals surface area contributed by atoms with E-state index in [9.17, 15) is 14.7 Å². The van der Waals surface area contributed by atoms with Crippen molar-refractivity contribution in [2.75, 3.05) is 0 Å². The third kappa shape index (κ3) is 3.14. The Morgan fingerprint density at radius 2 is 2.05 bits per heavy atom. The van der Waals surface area contributed by atoms with Gasteiger partial charge in [0.1, 0.15) is 11.1 Å². The molecule has 1 unspecified atom stereocenters. The Labute approximate surface area is 120 Å². The first kappa shape index (κ1) is 16.5. The van der Waals surface area contributed by atoms with Gasteiger partial charge in [0, 0.05) is 6.04 Å². The Morgan fingerprint density at radius 1 is 1.50 bits per heavy atom. The summed E-state index contributed by atoms with van der Waals surface area (Å²) in [6.45, 7) is 12.5. The summed E-state index contributed by atoms with van der Waals surface area (Å²) in [6, 6.07) is -0.191. The van der Waals surface area contributed by atoms with Gasteiger partial charge < -0.3 is 9.84 Å². The largest absolute Gasteiger partial charge is 0.480 e. The number of carbonyl (C=O) groups excluding carboxylic acids is 1. The zero-order valence-electron chi connectivity index (χ0n) is 13.0. The summed E-state index contributed by atoms with van der Waals surface area (Å²) in [5.74, 6) is -0.914. The predicted molar refractivity (Wildman–Crippen MR) is 76.5 cm³/mol. The van der Waals surface area contributed by atoms with E-state index in [-0.39, 0.29) is 12.0 Å². The van der Waals surface area contributed by atoms with Crippen LogP contribution in [0.1, 0.15) is 47.5 Å². The molecule has 1 fully saturated rings. The second kappa shape index (κ2) is 5.46. The summed E-state index contributed by atoms with van der Waals surface area (Å²) in [5, 5.41) is 9.52. The lowest BCUT2D eigenvalue weighted by molar-refractivity contribution is -0.149. The lowest BCUT2D eigenvalue weighted by Gasteiger charge is -2.36. The van der Waals surface area contributed by atoms with Crippen LogP contribution < -0.4 is 0 Å². The highest BCUT2D eigenvalue weighted by molar-refractivity contribution is 5.85. The molecule has 0 aromatic carbocycles. The second-order valence-corrected chi connectivity index (χ2v) is 6.70. The Hall–Kier alpha value is -1.52. The third-order valence-electron chi connectivity index (χ3n) is 3.70. The maximum atomic E-state index is 12.4. The van der Waals surface area contributed by atoms with Crippen molar-refractivity contribution in [3.8, 4) is 0 Å². The van der Waals surface area contributed by atoms with E-state index in [0.717, 1.165) is 0 Å². The van der Waals surface area contributed by atoms with E-state index in [1.54, 1.807) is 33.8 Å². The van der Waals surface area contributed by atoms with Crippen molar-refractivity contribution < 1.29 is 19.4 Å². The Morgan fingerprint density at radius 3 is 2.45 bits per heavy atom. The van der Waals surface area contributed by atoms with Gasteiger partial charge in [-0.05, 0) is 46.5 Å². The number of nitrogens with zero attached hydrogens (tertiary/aromatic N) is 1. The molecule has 5 nitrogen and oxygen atoms in total. The van der Waals surface area contributed by atoms with E-state index in [2.05, 4.69) is 6.58 Å². The fraction of sp³-hybridized carbons (Fsp3) is 0.733. The number of hydrogen-bond acceptors (Lipinski definition) is 3. The summed E-state index contributed by atoms with van der Waals surface area (Å²) in [4.78, 5) is 25.4. The van der Waals surface area contributed by atoms with E-state index in [0.29, 0.717) is 12.8 Å². The van der Waals surface area contributed by atoms with Crippen molar-refractivity contribution in [2.24, 2.45) is 5.92 Å². The lowest BCUT2D eigenvalue weighted by Crippen LogP contribution is -2.55. The summed E-state index contributed by atoms with van der Waals surface area (Å²) >= 11 is 0. The first-order valence-electron chi connectivity index (χ1n) is 6.89. The van der Waals surface area contributed by atoms with E-state index in [1.807, 2.05) is 6.92 Å². The standard InChI is InChI=1S/C15H25NO4/c1-7-8-11-10(2)9-15(6,12(17)18)16(11)13(19)20-14(3,4)5/h7,10-11H,1,8-9H2,2-6H3,(H,17,18)/t10-,11?,15-/m0/s1. The minimum absolute atomic E-state index is 0.0848. The first-order valence-corrected chi connectivity index (χ1v) is 6.89. The molecule has 1 rings (SSSR count). The molecular formula is C15H25NO4. The maximum Gasteiger partial charge on any atom is 0.411 e. The second-order valence-electron chi connectivity index (χ2n) is 6.70. The molecule has 1 aliphatic rings. The smallest absolute Gasteiger partial charge is 0.411 e. The van der Waals surface area contributed by atoms with Crippen molar-refractivity contribution in [1.29, 1.82) is 0 Å². The van der Waals surface area contributed by atoms with Gasteiger partial charge in [0.2, 0.25) is 0 Å². The molecule has 1 heterocycles. The summed E-state index contributed by atoms with van der Waals surface area (Å²) in [6.07, 6.45) is 2.12. The van der Waals surface area contributed by atoms with Crippen molar-refractivity contribution >= 4 is 12.1 Å². The fourth-order valence-corrected chi connectivity index (χ4v) is 2.83. The minimum atomic E-state index is -1.23. The topological polar surface area (TPSA) is 66.8 Å². The van der Waals surface area contributed by atoms with E-state index in [1.165, 1.54) is 4.90 Å². The van der Waals surface area contributed by atoms with Gasteiger partial charge in [-0.25, -0.2) is 9.59 Å². The van der Waals surface area contributed by atoms with Gasteiger partial charge in [0.25, 0.3) is 0 Å². The highest BCUT2D eigenvalue weighted by atomic mass is 16.6. The van der Waals surface area contributed by atoms with Gasteiger partial charge in [-0.15, -0.1) is 6.58 Å². The molecule has 0 saturated carbocycles. The summed E-state index contributed by atoms with van der Waals surface area (Å²) < 4.78 is 5.38. The molecular weight excluding hydrogens is 258 g/mol. The van der Waals surface area contributed by atoms with Crippen LogP contribution in [0.4, 0.5) is 4.79 Å². The van der Waals surface area contributed by atoms with E-state index < -0.39 is 23.2 Å². The van der Waals surface area contributed by atoms with Gasteiger partial charge in [-0.2, -0.15) is 0 Å². The number of ether oxygens (including phenoxy) is 1. The Kier molecular flexibility index (Phi) is 4.52. The molecule has 1 N–H and O–H groups in total. The van der Waals surface area contributed by atoms with Gasteiger partial charge in [0.15, 0.2) is 0 Å². The van der Waals surface area contributed by atoms with Gasteiger partial charge in [-0.1, -0.05) is 13.0 Å². The molecule has 0 aliphatic carbocycles. The number of rotatable bonds is 3. The normalized spacial score (nSPS) is 30.1. The monoisotopic (exact) mass is 283 g/mol. The third-order valence-corrected chi connectivity index (χ3v) is 3.70. The zero-order valence-corrected chi connectivity index (χ0v) is 13.0. The number of carboxylic acid groups (broad SMARTS) is 1. The van der Waals surface area contributed by atoms with Crippen LogP contribution in [0.5, 0.6) is 0 Å². The lowest BCUT2D eigenvalue weighted by atomic mass is 9.93. The minimum Gasteiger partial charge on any atom is -0.480 e. The summed E-state index contributed by atoms with van der Waals surface area (Å²) in [7, 11) is 0. The fourth-order valence-electron chi connectivity index (χ4n) is 2.83. The average molecular weight is 283 g/mol.